The van der Waals surface area contributed by atoms with Crippen molar-refractivity contribution in [3.8, 4) is 0 Å². The van der Waals surface area contributed by atoms with E-state index >= 15 is 0 Å². The van der Waals surface area contributed by atoms with Crippen molar-refractivity contribution in [2.75, 3.05) is 26.2 Å². The predicted octanol–water partition coefficient (Wildman–Crippen LogP) is -0.257. The summed E-state index contributed by atoms with van der Waals surface area (Å²) in [6, 6.07) is 14.6. The lowest BCUT2D eigenvalue weighted by Crippen LogP contribution is -2.61. The molecule has 0 bridgehead atoms. The summed E-state index contributed by atoms with van der Waals surface area (Å²) in [4.78, 5) is 84.7. The van der Waals surface area contributed by atoms with Crippen LogP contribution in [0.3, 0.4) is 0 Å². The molecule has 1 saturated heterocycles. The fourth-order valence-electron chi connectivity index (χ4n) is 5.98. The summed E-state index contributed by atoms with van der Waals surface area (Å²) >= 11 is 0. The van der Waals surface area contributed by atoms with Gasteiger partial charge in [0.1, 0.15) is 30.8 Å². The van der Waals surface area contributed by atoms with Crippen molar-refractivity contribution in [2.24, 2.45) is 32.9 Å². The number of carbonyl (C=O) groups excluding carboxylic acids is 6. The number of nitrogens with zero attached hydrogens (tertiary/aromatic N) is 2. The van der Waals surface area contributed by atoms with Crippen molar-refractivity contribution >= 4 is 47.5 Å². The van der Waals surface area contributed by atoms with Crippen LogP contribution in [0.1, 0.15) is 80.1 Å². The van der Waals surface area contributed by atoms with Gasteiger partial charge in [-0.1, -0.05) is 48.5 Å². The van der Waals surface area contributed by atoms with Gasteiger partial charge in [0.05, 0.1) is 0 Å². The number of amides is 6. The third-order valence-corrected chi connectivity index (χ3v) is 9.07. The molecule has 58 heavy (non-hydrogen) atoms. The number of unbranched alkanes of at least 4 members (excludes halogenated alkanes) is 2. The summed E-state index contributed by atoms with van der Waals surface area (Å²) in [6.45, 7) is 1.22. The van der Waals surface area contributed by atoms with E-state index in [1.165, 1.54) is 0 Å². The molecule has 2 aromatic rings. The second-order valence-corrected chi connectivity index (χ2v) is 13.7. The van der Waals surface area contributed by atoms with E-state index in [0.29, 0.717) is 76.4 Å². The van der Waals surface area contributed by atoms with Gasteiger partial charge < -0.3 is 59.6 Å². The molecule has 3 rings (SSSR count). The summed E-state index contributed by atoms with van der Waals surface area (Å²) in [5, 5.41) is 16.6. The zero-order chi connectivity index (χ0) is 42.1. The molecule has 19 heteroatoms. The lowest BCUT2D eigenvalue weighted by Gasteiger charge is -2.29. The first kappa shape index (κ1) is 46.0. The summed E-state index contributed by atoms with van der Waals surface area (Å²) in [6.07, 6.45) is 3.63. The SMILES string of the molecule is NC(N)=NCCC[C@H](NC(=O)OCc1ccccc1)C(=O)NCCCC[C@@H]1NC(=O)[C@H](CCCCNC(=O)[C@H](CCCN=C(N)N)NC(=O)c2ccccc2)NC1=O. The van der Waals surface area contributed by atoms with Crippen molar-refractivity contribution < 1.29 is 33.5 Å². The van der Waals surface area contributed by atoms with E-state index in [9.17, 15) is 28.8 Å². The van der Waals surface area contributed by atoms with Crippen LogP contribution in [0.4, 0.5) is 4.79 Å². The number of rotatable bonds is 25. The number of hydrogen-bond donors (Lipinski definition) is 10. The molecule has 1 fully saturated rings. The molecular formula is C39H58N12O7. The lowest BCUT2D eigenvalue weighted by molar-refractivity contribution is -0.137. The maximum absolute atomic E-state index is 13.0. The average Bonchev–Trinajstić information content (AvgIpc) is 3.20. The first-order valence-electron chi connectivity index (χ1n) is 19.5. The van der Waals surface area contributed by atoms with Crippen LogP contribution in [-0.4, -0.2) is 97.9 Å². The number of aliphatic imine (C=N–C) groups is 2. The zero-order valence-corrected chi connectivity index (χ0v) is 32.8. The van der Waals surface area contributed by atoms with E-state index in [1.807, 2.05) is 30.3 Å². The number of benzene rings is 2. The smallest absolute Gasteiger partial charge is 0.408 e. The van der Waals surface area contributed by atoms with Crippen LogP contribution >= 0.6 is 0 Å². The number of ether oxygens (including phenoxy) is 1. The van der Waals surface area contributed by atoms with Crippen molar-refractivity contribution in [3.05, 3.63) is 71.8 Å². The van der Waals surface area contributed by atoms with Crippen LogP contribution in [0.15, 0.2) is 70.6 Å². The zero-order valence-electron chi connectivity index (χ0n) is 32.8. The van der Waals surface area contributed by atoms with E-state index in [4.69, 9.17) is 27.7 Å². The molecule has 1 aliphatic heterocycles. The fourth-order valence-corrected chi connectivity index (χ4v) is 5.98. The monoisotopic (exact) mass is 806 g/mol. The standard InChI is InChI=1S/C39H58N12O7/c40-37(41)46-23-11-19-28(48-32(52)27-15-5-2-6-16-27)33(53)44-21-9-7-17-30-35(55)50-31(36(56)49-30)18-8-10-22-45-34(54)29(20-12-24-47-38(42)43)51-39(57)58-25-26-13-3-1-4-14-26/h1-6,13-16,28-31H,7-12,17-25H2,(H,44,53)(H,45,54)(H,48,52)(H,49,56)(H,50,55)(H,51,57)(H4,40,41,46)(H4,42,43,47)/t28-,29-,30-,31-/m0/s1. The van der Waals surface area contributed by atoms with Gasteiger partial charge in [-0.2, -0.15) is 0 Å². The number of nitrogens with one attached hydrogen (secondary N) is 6. The predicted molar refractivity (Wildman–Crippen MR) is 219 cm³/mol. The van der Waals surface area contributed by atoms with Gasteiger partial charge in [0.2, 0.25) is 23.6 Å². The Labute approximate surface area is 338 Å². The van der Waals surface area contributed by atoms with Crippen molar-refractivity contribution in [2.45, 2.75) is 95.0 Å². The first-order valence-corrected chi connectivity index (χ1v) is 19.5. The second kappa shape index (κ2) is 25.7. The number of guanidine groups is 2. The minimum atomic E-state index is -0.883. The minimum absolute atomic E-state index is 0.0469. The van der Waals surface area contributed by atoms with Crippen LogP contribution < -0.4 is 54.8 Å². The number of carbonyl (C=O) groups is 6. The van der Waals surface area contributed by atoms with Gasteiger partial charge >= 0.3 is 6.09 Å². The van der Waals surface area contributed by atoms with Gasteiger partial charge in [-0.05, 0) is 81.9 Å². The molecule has 14 N–H and O–H groups in total. The van der Waals surface area contributed by atoms with Crippen LogP contribution in [0.25, 0.3) is 0 Å². The summed E-state index contributed by atoms with van der Waals surface area (Å²) in [7, 11) is 0. The van der Waals surface area contributed by atoms with Crippen LogP contribution in [-0.2, 0) is 30.5 Å². The minimum Gasteiger partial charge on any atom is -0.445 e. The van der Waals surface area contributed by atoms with E-state index in [-0.39, 0.29) is 61.7 Å². The molecule has 0 aromatic heterocycles. The van der Waals surface area contributed by atoms with E-state index in [2.05, 4.69) is 41.9 Å². The Balaban J connectivity index is 1.35. The summed E-state index contributed by atoms with van der Waals surface area (Å²) in [5.74, 6) is -1.84. The molecule has 0 unspecified atom stereocenters. The molecule has 0 saturated carbocycles. The Morgan fingerprint density at radius 1 is 0.638 bits per heavy atom. The Morgan fingerprint density at radius 2 is 1.10 bits per heavy atom. The topological polar surface area (TPSA) is 313 Å². The molecular weight excluding hydrogens is 749 g/mol. The Hall–Kier alpha value is -6.40. The average molecular weight is 807 g/mol. The number of alkyl carbamates (subject to hydrolysis) is 1. The quantitative estimate of drug-likeness (QED) is 0.0354. The highest BCUT2D eigenvalue weighted by molar-refractivity contribution is 5.98. The lowest BCUT2D eigenvalue weighted by atomic mass is 10.0. The van der Waals surface area contributed by atoms with Crippen molar-refractivity contribution in [1.29, 1.82) is 0 Å². The highest BCUT2D eigenvalue weighted by Gasteiger charge is 2.33. The summed E-state index contributed by atoms with van der Waals surface area (Å²) in [5.41, 5.74) is 22.8. The fraction of sp³-hybridized carbons (Fsp3) is 0.487. The molecule has 316 valence electrons. The van der Waals surface area contributed by atoms with Crippen LogP contribution in [0.5, 0.6) is 0 Å². The number of nitrogens with two attached hydrogens (primary N) is 4. The van der Waals surface area contributed by atoms with Crippen molar-refractivity contribution in [1.82, 2.24) is 31.9 Å². The summed E-state index contributed by atoms with van der Waals surface area (Å²) < 4.78 is 5.27. The van der Waals surface area contributed by atoms with E-state index in [0.717, 1.165) is 5.56 Å². The Kier molecular flexibility index (Phi) is 20.4. The molecule has 19 nitrogen and oxygen atoms in total. The van der Waals surface area contributed by atoms with E-state index in [1.54, 1.807) is 30.3 Å². The Bertz CT molecular complexity index is 1690. The van der Waals surface area contributed by atoms with Gasteiger partial charge in [0, 0.05) is 31.7 Å². The van der Waals surface area contributed by atoms with Gasteiger partial charge in [-0.25, -0.2) is 4.79 Å². The second-order valence-electron chi connectivity index (χ2n) is 13.7. The highest BCUT2D eigenvalue weighted by atomic mass is 16.5. The molecule has 0 aliphatic carbocycles. The number of piperazine rings is 1. The number of hydrogen-bond acceptors (Lipinski definition) is 9. The Morgan fingerprint density at radius 3 is 1.59 bits per heavy atom. The molecule has 1 aliphatic rings. The molecule has 4 atom stereocenters. The molecule has 0 spiro atoms. The third-order valence-electron chi connectivity index (χ3n) is 9.07. The van der Waals surface area contributed by atoms with E-state index < -0.39 is 36.2 Å². The largest absolute Gasteiger partial charge is 0.445 e. The van der Waals surface area contributed by atoms with Crippen molar-refractivity contribution in [3.63, 3.8) is 0 Å². The normalized spacial score (nSPS) is 15.7. The van der Waals surface area contributed by atoms with Gasteiger partial charge in [-0.15, -0.1) is 0 Å². The molecule has 6 amide bonds. The van der Waals surface area contributed by atoms with Gasteiger partial charge in [0.25, 0.3) is 5.91 Å². The van der Waals surface area contributed by atoms with Crippen LogP contribution in [0.2, 0.25) is 0 Å². The third kappa shape index (κ3) is 18.0. The molecule has 0 radical (unpaired) electrons. The molecule has 2 aromatic carbocycles. The maximum Gasteiger partial charge on any atom is 0.408 e. The maximum atomic E-state index is 13.0. The first-order chi connectivity index (χ1) is 27.9. The van der Waals surface area contributed by atoms with Crippen LogP contribution in [0, 0.1) is 0 Å². The van der Waals surface area contributed by atoms with Gasteiger partial charge in [-0.3, -0.25) is 34.0 Å². The molecule has 1 heterocycles. The van der Waals surface area contributed by atoms with Gasteiger partial charge in [0.15, 0.2) is 11.9 Å². The highest BCUT2D eigenvalue weighted by Crippen LogP contribution is 2.11.